The molecule has 0 aromatic heterocycles. The lowest BCUT2D eigenvalue weighted by Gasteiger charge is -2.16. The van der Waals surface area contributed by atoms with Crippen LogP contribution in [0.15, 0.2) is 30.3 Å². The minimum atomic E-state index is 0.153. The van der Waals surface area contributed by atoms with Gasteiger partial charge in [0.2, 0.25) is 0 Å². The van der Waals surface area contributed by atoms with Crippen LogP contribution in [0.25, 0.3) is 0 Å². The first-order valence-corrected chi connectivity index (χ1v) is 10.7. The first-order chi connectivity index (χ1) is 14.1. The Morgan fingerprint density at radius 1 is 0.897 bits per heavy atom. The lowest BCUT2D eigenvalue weighted by Crippen LogP contribution is -2.24. The summed E-state index contributed by atoms with van der Waals surface area (Å²) in [6.45, 7) is 5.72. The van der Waals surface area contributed by atoms with Crippen molar-refractivity contribution in [3.8, 4) is 11.5 Å². The van der Waals surface area contributed by atoms with Gasteiger partial charge in [-0.15, -0.1) is 0 Å². The van der Waals surface area contributed by atoms with E-state index in [-0.39, 0.29) is 13.2 Å². The summed E-state index contributed by atoms with van der Waals surface area (Å²) in [6, 6.07) is 9.00. The van der Waals surface area contributed by atoms with Gasteiger partial charge in [0, 0.05) is 39.8 Å². The fourth-order valence-electron chi connectivity index (χ4n) is 2.68. The van der Waals surface area contributed by atoms with E-state index in [1.165, 1.54) is 0 Å². The molecule has 0 amide bonds. The largest absolute Gasteiger partial charge is 0.490 e. The van der Waals surface area contributed by atoms with Crippen LogP contribution in [0, 0.1) is 0 Å². The van der Waals surface area contributed by atoms with Crippen LogP contribution in [0.2, 0.25) is 15.1 Å². The van der Waals surface area contributed by atoms with E-state index in [0.717, 1.165) is 30.6 Å². The van der Waals surface area contributed by atoms with Crippen LogP contribution in [-0.4, -0.2) is 38.0 Å². The minimum Gasteiger partial charge on any atom is -0.490 e. The molecule has 0 heterocycles. The maximum Gasteiger partial charge on any atom is 0.163 e. The fourth-order valence-corrected chi connectivity index (χ4v) is 3.41. The summed E-state index contributed by atoms with van der Waals surface area (Å²) in [7, 11) is 0. The van der Waals surface area contributed by atoms with Crippen molar-refractivity contribution in [1.29, 1.82) is 0 Å². The monoisotopic (exact) mass is 460 g/mol. The van der Waals surface area contributed by atoms with Crippen LogP contribution < -0.4 is 20.1 Å². The summed E-state index contributed by atoms with van der Waals surface area (Å²) in [5.41, 5.74) is 1.65. The molecule has 3 N–H and O–H groups in total. The van der Waals surface area contributed by atoms with Crippen LogP contribution in [0.1, 0.15) is 24.5 Å². The molecule has 0 saturated carbocycles. The molecule has 0 saturated heterocycles. The van der Waals surface area contributed by atoms with Gasteiger partial charge in [0.05, 0.1) is 13.2 Å². The Morgan fingerprint density at radius 2 is 1.59 bits per heavy atom. The Kier molecular flexibility index (Phi) is 10.9. The van der Waals surface area contributed by atoms with Gasteiger partial charge in [0.1, 0.15) is 6.61 Å². The molecule has 0 radical (unpaired) electrons. The van der Waals surface area contributed by atoms with Crippen molar-refractivity contribution in [1.82, 2.24) is 10.6 Å². The highest BCUT2D eigenvalue weighted by molar-refractivity contribution is 6.36. The van der Waals surface area contributed by atoms with Crippen molar-refractivity contribution in [2.75, 3.05) is 32.8 Å². The zero-order valence-electron chi connectivity index (χ0n) is 16.4. The zero-order valence-corrected chi connectivity index (χ0v) is 18.7. The van der Waals surface area contributed by atoms with E-state index < -0.39 is 0 Å². The second-order valence-corrected chi connectivity index (χ2v) is 7.54. The average Bonchev–Trinajstić information content (AvgIpc) is 2.69. The molecule has 0 fully saturated rings. The molecule has 0 unspecified atom stereocenters. The summed E-state index contributed by atoms with van der Waals surface area (Å²) in [5, 5.41) is 16.9. The predicted octanol–water partition coefficient (Wildman–Crippen LogP) is 4.69. The number of aliphatic hydroxyl groups excluding tert-OH is 1. The number of hydrogen-bond acceptors (Lipinski definition) is 5. The molecule has 0 bridgehead atoms. The van der Waals surface area contributed by atoms with E-state index in [9.17, 15) is 0 Å². The molecule has 8 heteroatoms. The van der Waals surface area contributed by atoms with Crippen molar-refractivity contribution in [3.05, 3.63) is 56.5 Å². The molecule has 160 valence electrons. The minimum absolute atomic E-state index is 0.153. The number of hydrogen-bond donors (Lipinski definition) is 3. The van der Waals surface area contributed by atoms with Crippen LogP contribution >= 0.6 is 34.8 Å². The second-order valence-electron chi connectivity index (χ2n) is 6.32. The molecule has 29 heavy (non-hydrogen) atoms. The number of aliphatic hydroxyl groups is 1. The molecular formula is C21H27Cl3N2O3. The Bertz CT molecular complexity index is 755. The van der Waals surface area contributed by atoms with Crippen LogP contribution in [0.4, 0.5) is 0 Å². The molecule has 2 rings (SSSR count). The van der Waals surface area contributed by atoms with Gasteiger partial charge in [0.25, 0.3) is 0 Å². The standard InChI is InChI=1S/C21H27Cl3N2O3/c1-2-28-20-11-15(13-26-8-4-7-25-9-10-27)19(24)12-21(20)29-14-16-17(22)5-3-6-18(16)23/h3,5-6,11-12,25-27H,2,4,7-10,13-14H2,1H3. The first kappa shape index (κ1) is 24.1. The molecule has 0 aliphatic carbocycles. The van der Waals surface area contributed by atoms with Gasteiger partial charge in [-0.05, 0) is 50.2 Å². The van der Waals surface area contributed by atoms with E-state index in [2.05, 4.69) is 10.6 Å². The van der Waals surface area contributed by atoms with Crippen molar-refractivity contribution in [2.45, 2.75) is 26.5 Å². The van der Waals surface area contributed by atoms with Crippen LogP contribution in [0.5, 0.6) is 11.5 Å². The van der Waals surface area contributed by atoms with Crippen molar-refractivity contribution >= 4 is 34.8 Å². The quantitative estimate of drug-likeness (QED) is 0.378. The molecule has 2 aromatic carbocycles. The summed E-state index contributed by atoms with van der Waals surface area (Å²) in [6.07, 6.45) is 0.954. The molecule has 5 nitrogen and oxygen atoms in total. The summed E-state index contributed by atoms with van der Waals surface area (Å²) in [4.78, 5) is 0. The van der Waals surface area contributed by atoms with Gasteiger partial charge < -0.3 is 25.2 Å². The number of rotatable bonds is 13. The Balaban J connectivity index is 1.99. The van der Waals surface area contributed by atoms with E-state index in [1.807, 2.05) is 13.0 Å². The highest BCUT2D eigenvalue weighted by atomic mass is 35.5. The Labute approximate surface area is 187 Å². The number of halogens is 3. The molecular weight excluding hydrogens is 435 g/mol. The SMILES string of the molecule is CCOc1cc(CNCCCNCCO)c(Cl)cc1OCc1c(Cl)cccc1Cl. The molecule has 0 atom stereocenters. The smallest absolute Gasteiger partial charge is 0.163 e. The van der Waals surface area contributed by atoms with E-state index in [0.29, 0.717) is 46.3 Å². The van der Waals surface area contributed by atoms with Gasteiger partial charge >= 0.3 is 0 Å². The van der Waals surface area contributed by atoms with Gasteiger partial charge in [-0.3, -0.25) is 0 Å². The van der Waals surface area contributed by atoms with Crippen LogP contribution in [0.3, 0.4) is 0 Å². The van der Waals surface area contributed by atoms with Crippen LogP contribution in [-0.2, 0) is 13.2 Å². The zero-order chi connectivity index (χ0) is 21.1. The third-order valence-electron chi connectivity index (χ3n) is 4.16. The number of nitrogens with one attached hydrogen (secondary N) is 2. The van der Waals surface area contributed by atoms with Crippen molar-refractivity contribution in [2.24, 2.45) is 0 Å². The lowest BCUT2D eigenvalue weighted by atomic mass is 10.2. The summed E-state index contributed by atoms with van der Waals surface area (Å²) < 4.78 is 11.7. The van der Waals surface area contributed by atoms with E-state index in [1.54, 1.807) is 24.3 Å². The predicted molar refractivity (Wildman–Crippen MR) is 120 cm³/mol. The molecule has 0 spiro atoms. The summed E-state index contributed by atoms with van der Waals surface area (Å²) >= 11 is 18.9. The van der Waals surface area contributed by atoms with E-state index >= 15 is 0 Å². The number of ether oxygens (including phenoxy) is 2. The lowest BCUT2D eigenvalue weighted by molar-refractivity contribution is 0.269. The average molecular weight is 462 g/mol. The Morgan fingerprint density at radius 3 is 2.28 bits per heavy atom. The maximum absolute atomic E-state index is 8.74. The third-order valence-corrected chi connectivity index (χ3v) is 5.22. The van der Waals surface area contributed by atoms with Gasteiger partial charge in [0.15, 0.2) is 11.5 Å². The third kappa shape index (κ3) is 7.85. The van der Waals surface area contributed by atoms with Crippen molar-refractivity contribution < 1.29 is 14.6 Å². The highest BCUT2D eigenvalue weighted by Crippen LogP contribution is 2.35. The topological polar surface area (TPSA) is 62.8 Å². The van der Waals surface area contributed by atoms with Crippen molar-refractivity contribution in [3.63, 3.8) is 0 Å². The molecule has 0 aliphatic rings. The molecule has 2 aromatic rings. The van der Waals surface area contributed by atoms with Gasteiger partial charge in [-0.25, -0.2) is 0 Å². The first-order valence-electron chi connectivity index (χ1n) is 9.60. The molecule has 0 aliphatic heterocycles. The fraction of sp³-hybridized carbons (Fsp3) is 0.429. The summed E-state index contributed by atoms with van der Waals surface area (Å²) in [5.74, 6) is 1.17. The normalized spacial score (nSPS) is 10.9. The second kappa shape index (κ2) is 13.2. The Hall–Kier alpha value is -1.21. The maximum atomic E-state index is 8.74. The number of benzene rings is 2. The highest BCUT2D eigenvalue weighted by Gasteiger charge is 2.13. The van der Waals surface area contributed by atoms with Gasteiger partial charge in [-0.1, -0.05) is 40.9 Å². The van der Waals surface area contributed by atoms with Gasteiger partial charge in [-0.2, -0.15) is 0 Å². The van der Waals surface area contributed by atoms with E-state index in [4.69, 9.17) is 49.4 Å².